The molecule has 1 fully saturated rings. The molecular formula is C25H32N4O2S. The van der Waals surface area contributed by atoms with E-state index in [0.29, 0.717) is 23.2 Å². The molecule has 4 rings (SSSR count). The molecule has 3 aromatic rings. The summed E-state index contributed by atoms with van der Waals surface area (Å²) in [5.74, 6) is 2.22. The smallest absolute Gasteiger partial charge is 0.251 e. The molecule has 1 amide bonds. The molecule has 1 saturated heterocycles. The zero-order chi connectivity index (χ0) is 22.8. The van der Waals surface area contributed by atoms with Crippen molar-refractivity contribution in [1.29, 1.82) is 0 Å². The molecule has 0 atom stereocenters. The molecule has 0 radical (unpaired) electrons. The van der Waals surface area contributed by atoms with E-state index < -0.39 is 0 Å². The maximum absolute atomic E-state index is 12.4. The SMILES string of the molecule is CC.Cc1oc(-c2ccc(C(=O)NCc3cccnc3)cc2)nc1CSC1CCNCC1. The third kappa shape index (κ3) is 6.68. The largest absolute Gasteiger partial charge is 0.441 e. The van der Waals surface area contributed by atoms with Crippen molar-refractivity contribution < 1.29 is 9.21 Å². The van der Waals surface area contributed by atoms with Gasteiger partial charge in [-0.2, -0.15) is 11.8 Å². The Morgan fingerprint density at radius 1 is 1.19 bits per heavy atom. The lowest BCUT2D eigenvalue weighted by Gasteiger charge is -2.21. The first kappa shape index (κ1) is 24.0. The Labute approximate surface area is 194 Å². The fraction of sp³-hybridized carbons (Fsp3) is 0.400. The number of nitrogens with one attached hydrogen (secondary N) is 2. The van der Waals surface area contributed by atoms with E-state index in [0.717, 1.165) is 41.4 Å². The maximum Gasteiger partial charge on any atom is 0.251 e. The fourth-order valence-corrected chi connectivity index (χ4v) is 4.63. The van der Waals surface area contributed by atoms with Crippen molar-refractivity contribution in [3.05, 3.63) is 71.4 Å². The Morgan fingerprint density at radius 2 is 1.94 bits per heavy atom. The summed E-state index contributed by atoms with van der Waals surface area (Å²) in [6, 6.07) is 11.2. The van der Waals surface area contributed by atoms with Gasteiger partial charge in [-0.3, -0.25) is 9.78 Å². The molecule has 2 N–H and O–H groups in total. The lowest BCUT2D eigenvalue weighted by molar-refractivity contribution is 0.0951. The number of aromatic nitrogens is 2. The highest BCUT2D eigenvalue weighted by molar-refractivity contribution is 7.99. The Kier molecular flexibility index (Phi) is 9.31. The van der Waals surface area contributed by atoms with Crippen LogP contribution in [0.2, 0.25) is 0 Å². The van der Waals surface area contributed by atoms with Crippen LogP contribution in [-0.2, 0) is 12.3 Å². The molecule has 0 spiro atoms. The number of hydrogen-bond acceptors (Lipinski definition) is 6. The molecule has 1 aliphatic rings. The first-order valence-electron chi connectivity index (χ1n) is 11.3. The molecule has 7 heteroatoms. The highest BCUT2D eigenvalue weighted by atomic mass is 32.2. The topological polar surface area (TPSA) is 80.1 Å². The number of oxazole rings is 1. The van der Waals surface area contributed by atoms with Crippen LogP contribution in [0.5, 0.6) is 0 Å². The number of aryl methyl sites for hydroxylation is 1. The van der Waals surface area contributed by atoms with Gasteiger partial charge in [0.2, 0.25) is 5.89 Å². The van der Waals surface area contributed by atoms with Gasteiger partial charge in [-0.1, -0.05) is 19.9 Å². The van der Waals surface area contributed by atoms with Crippen LogP contribution in [0.25, 0.3) is 11.5 Å². The third-order valence-electron chi connectivity index (χ3n) is 5.20. The molecule has 1 aromatic carbocycles. The summed E-state index contributed by atoms with van der Waals surface area (Å²) in [6.07, 6.45) is 5.87. The van der Waals surface area contributed by atoms with E-state index in [-0.39, 0.29) is 5.91 Å². The third-order valence-corrected chi connectivity index (χ3v) is 6.59. The van der Waals surface area contributed by atoms with Gasteiger partial charge in [-0.25, -0.2) is 4.98 Å². The highest BCUT2D eigenvalue weighted by Crippen LogP contribution is 2.28. The zero-order valence-electron chi connectivity index (χ0n) is 19.1. The number of carbonyl (C=O) groups is 1. The average Bonchev–Trinajstić information content (AvgIpc) is 3.24. The summed E-state index contributed by atoms with van der Waals surface area (Å²) in [4.78, 5) is 21.1. The van der Waals surface area contributed by atoms with E-state index in [1.165, 1.54) is 12.8 Å². The zero-order valence-corrected chi connectivity index (χ0v) is 19.9. The minimum Gasteiger partial charge on any atom is -0.441 e. The minimum absolute atomic E-state index is 0.118. The second kappa shape index (κ2) is 12.4. The lowest BCUT2D eigenvalue weighted by Crippen LogP contribution is -2.29. The van der Waals surface area contributed by atoms with Gasteiger partial charge in [-0.05, 0) is 68.8 Å². The van der Waals surface area contributed by atoms with E-state index in [1.807, 2.05) is 56.8 Å². The van der Waals surface area contributed by atoms with Gasteiger partial charge in [-0.15, -0.1) is 0 Å². The van der Waals surface area contributed by atoms with Crippen molar-refractivity contribution in [3.8, 4) is 11.5 Å². The quantitative estimate of drug-likeness (QED) is 0.526. The average molecular weight is 453 g/mol. The monoisotopic (exact) mass is 452 g/mol. The van der Waals surface area contributed by atoms with Crippen molar-refractivity contribution in [2.24, 2.45) is 0 Å². The summed E-state index contributed by atoms with van der Waals surface area (Å²) in [5.41, 5.74) is 3.45. The van der Waals surface area contributed by atoms with E-state index in [9.17, 15) is 4.79 Å². The minimum atomic E-state index is -0.118. The fourth-order valence-electron chi connectivity index (χ4n) is 3.40. The van der Waals surface area contributed by atoms with Crippen molar-refractivity contribution in [2.75, 3.05) is 13.1 Å². The predicted octanol–water partition coefficient (Wildman–Crippen LogP) is 4.99. The molecule has 170 valence electrons. The Hall–Kier alpha value is -2.64. The van der Waals surface area contributed by atoms with Gasteiger partial charge < -0.3 is 15.1 Å². The van der Waals surface area contributed by atoms with Crippen LogP contribution in [0, 0.1) is 6.92 Å². The van der Waals surface area contributed by atoms with Gasteiger partial charge in [0, 0.05) is 41.1 Å². The summed E-state index contributed by atoms with van der Waals surface area (Å²) in [6.45, 7) is 8.62. The van der Waals surface area contributed by atoms with Gasteiger partial charge in [0.25, 0.3) is 5.91 Å². The van der Waals surface area contributed by atoms with Gasteiger partial charge >= 0.3 is 0 Å². The number of thioether (sulfide) groups is 1. The standard InChI is InChI=1S/C23H26N4O2S.C2H6/c1-16-21(15-30-20-8-11-24-12-9-20)27-23(29-16)19-6-4-18(5-7-19)22(28)26-14-17-3-2-10-25-13-17;1-2/h2-7,10,13,20,24H,8-9,11-12,14-15H2,1H3,(H,26,28);1-2H3. The molecule has 0 bridgehead atoms. The molecule has 3 heterocycles. The van der Waals surface area contributed by atoms with Crippen LogP contribution in [0.15, 0.2) is 53.2 Å². The molecule has 0 aliphatic carbocycles. The molecule has 2 aromatic heterocycles. The summed E-state index contributed by atoms with van der Waals surface area (Å²) in [7, 11) is 0. The molecule has 32 heavy (non-hydrogen) atoms. The van der Waals surface area contributed by atoms with E-state index in [4.69, 9.17) is 9.40 Å². The molecule has 0 saturated carbocycles. The van der Waals surface area contributed by atoms with Crippen LogP contribution in [0.4, 0.5) is 0 Å². The molecule has 6 nitrogen and oxygen atoms in total. The number of hydrogen-bond donors (Lipinski definition) is 2. The first-order valence-corrected chi connectivity index (χ1v) is 12.3. The van der Waals surface area contributed by atoms with Gasteiger partial charge in [0.05, 0.1) is 5.69 Å². The van der Waals surface area contributed by atoms with E-state index in [1.54, 1.807) is 24.5 Å². The predicted molar refractivity (Wildman–Crippen MR) is 131 cm³/mol. The first-order chi connectivity index (χ1) is 15.7. The van der Waals surface area contributed by atoms with Gasteiger partial charge in [0.15, 0.2) is 0 Å². The van der Waals surface area contributed by atoms with Crippen LogP contribution < -0.4 is 10.6 Å². The number of piperidine rings is 1. The summed E-state index contributed by atoms with van der Waals surface area (Å²) >= 11 is 1.96. The van der Waals surface area contributed by atoms with Crippen molar-refractivity contribution >= 4 is 17.7 Å². The maximum atomic E-state index is 12.4. The normalized spacial score (nSPS) is 13.8. The lowest BCUT2D eigenvalue weighted by atomic mass is 10.1. The number of amides is 1. The van der Waals surface area contributed by atoms with E-state index in [2.05, 4.69) is 15.6 Å². The van der Waals surface area contributed by atoms with E-state index >= 15 is 0 Å². The van der Waals surface area contributed by atoms with Crippen LogP contribution in [0.1, 0.15) is 54.1 Å². The van der Waals surface area contributed by atoms with Crippen LogP contribution in [0.3, 0.4) is 0 Å². The van der Waals surface area contributed by atoms with Crippen LogP contribution >= 0.6 is 11.8 Å². The van der Waals surface area contributed by atoms with Crippen molar-refractivity contribution in [2.45, 2.75) is 51.2 Å². The second-order valence-electron chi connectivity index (χ2n) is 7.40. The molecule has 1 aliphatic heterocycles. The van der Waals surface area contributed by atoms with Crippen molar-refractivity contribution in [1.82, 2.24) is 20.6 Å². The summed E-state index contributed by atoms with van der Waals surface area (Å²) in [5, 5.41) is 7.00. The number of carbonyl (C=O) groups excluding carboxylic acids is 1. The Morgan fingerprint density at radius 3 is 2.62 bits per heavy atom. The number of pyridine rings is 1. The van der Waals surface area contributed by atoms with Crippen molar-refractivity contribution in [3.63, 3.8) is 0 Å². The molecule has 0 unspecified atom stereocenters. The molecular weight excluding hydrogens is 420 g/mol. The van der Waals surface area contributed by atoms with Crippen LogP contribution in [-0.4, -0.2) is 34.2 Å². The highest BCUT2D eigenvalue weighted by Gasteiger charge is 2.17. The van der Waals surface area contributed by atoms with Gasteiger partial charge in [0.1, 0.15) is 5.76 Å². The number of nitrogens with zero attached hydrogens (tertiary/aromatic N) is 2. The summed E-state index contributed by atoms with van der Waals surface area (Å²) < 4.78 is 5.90. The number of benzene rings is 1. The Bertz CT molecular complexity index is 967. The Balaban J connectivity index is 0.00000141. The number of rotatable bonds is 7. The second-order valence-corrected chi connectivity index (χ2v) is 8.69.